The highest BCUT2D eigenvalue weighted by atomic mass is 32.7. The quantitative estimate of drug-likeness (QED) is 0.0624. The molecule has 284 valence electrons. The Labute approximate surface area is 298 Å². The molecule has 0 radical (unpaired) electrons. The van der Waals surface area contributed by atoms with Gasteiger partial charge in [0.05, 0.1) is 31.8 Å². The third kappa shape index (κ3) is 9.85. The van der Waals surface area contributed by atoms with Crippen molar-refractivity contribution in [2.24, 2.45) is 4.99 Å². The molecule has 51 heavy (non-hydrogen) atoms. The van der Waals surface area contributed by atoms with Crippen LogP contribution in [0, 0.1) is 5.41 Å². The summed E-state index contributed by atoms with van der Waals surface area (Å²) in [6.07, 6.45) is -3.76. The number of aromatic amines is 1. The third-order valence-electron chi connectivity index (χ3n) is 8.53. The number of methoxy groups -OCH3 is 1. The number of carbonyl (C=O) groups excluding carboxylic acids is 1. The van der Waals surface area contributed by atoms with E-state index in [2.05, 4.69) is 16.9 Å². The molecular formula is C31H46N5O13PS. The van der Waals surface area contributed by atoms with Gasteiger partial charge in [0.15, 0.2) is 12.2 Å². The molecule has 18 nitrogen and oxygen atoms in total. The monoisotopic (exact) mass is 759 g/mol. The summed E-state index contributed by atoms with van der Waals surface area (Å²) in [4.78, 5) is 44.5. The van der Waals surface area contributed by atoms with Gasteiger partial charge in [-0.25, -0.2) is 19.1 Å². The maximum atomic E-state index is 14.4. The minimum atomic E-state index is -4.41. The molecule has 3 aliphatic heterocycles. The van der Waals surface area contributed by atoms with Crippen LogP contribution in [0.2, 0.25) is 0 Å². The van der Waals surface area contributed by atoms with E-state index < -0.39 is 92.4 Å². The smallest absolute Gasteiger partial charge is 0.432 e. The molecule has 0 saturated carbocycles. The predicted molar refractivity (Wildman–Crippen MR) is 185 cm³/mol. The highest BCUT2D eigenvalue weighted by Gasteiger charge is 2.51. The first-order valence-electron chi connectivity index (χ1n) is 16.3. The number of aromatic nitrogens is 2. The van der Waals surface area contributed by atoms with Crippen molar-refractivity contribution in [1.29, 1.82) is 5.41 Å². The Kier molecular flexibility index (Phi) is 14.4. The predicted octanol–water partition coefficient (Wildman–Crippen LogP) is 3.02. The number of carbonyl (C=O) groups is 1. The largest absolute Gasteiger partial charge is 0.509 e. The lowest BCUT2D eigenvalue weighted by Gasteiger charge is -2.29. The lowest BCUT2D eigenvalue weighted by atomic mass is 9.99. The Balaban J connectivity index is 1.55. The Morgan fingerprint density at radius 3 is 2.63 bits per heavy atom. The molecule has 0 amide bonds. The van der Waals surface area contributed by atoms with Gasteiger partial charge >= 0.3 is 18.6 Å². The fraction of sp³-hybridized carbons (Fsp3) is 0.645. The van der Waals surface area contributed by atoms with Crippen LogP contribution in [0.3, 0.4) is 0 Å². The fourth-order valence-corrected chi connectivity index (χ4v) is 8.56. The molecule has 0 spiro atoms. The first-order valence-corrected chi connectivity index (χ1v) is 19.4. The van der Waals surface area contributed by atoms with E-state index in [1.54, 1.807) is 20.1 Å². The molecule has 0 aliphatic carbocycles. The second-order valence-corrected chi connectivity index (χ2v) is 16.1. The summed E-state index contributed by atoms with van der Waals surface area (Å²) < 4.78 is 54.7. The number of aliphatic hydroxyl groups is 2. The van der Waals surface area contributed by atoms with Gasteiger partial charge in [-0.3, -0.25) is 33.7 Å². The summed E-state index contributed by atoms with van der Waals surface area (Å²) in [6, 6.07) is 1.09. The zero-order valence-corrected chi connectivity index (χ0v) is 31.0. The number of nitrogens with zero attached hydrogens (tertiary/aromatic N) is 3. The number of hydrogen-bond acceptors (Lipinski definition) is 16. The molecule has 4 rings (SSSR count). The van der Waals surface area contributed by atoms with Crippen LogP contribution in [0.1, 0.15) is 60.1 Å². The summed E-state index contributed by atoms with van der Waals surface area (Å²) in [6.45, 7) is 3.68. The van der Waals surface area contributed by atoms with Crippen LogP contribution in [-0.4, -0.2) is 112 Å². The maximum Gasteiger partial charge on any atom is 0.509 e. The van der Waals surface area contributed by atoms with E-state index in [9.17, 15) is 29.2 Å². The molecule has 2 saturated heterocycles. The Bertz CT molecular complexity index is 1660. The summed E-state index contributed by atoms with van der Waals surface area (Å²) >= 11 is 0.481. The van der Waals surface area contributed by atoms with Crippen LogP contribution in [0.4, 0.5) is 4.79 Å². The summed E-state index contributed by atoms with van der Waals surface area (Å²) in [5, 5.41) is 29.3. The molecule has 4 unspecified atom stereocenters. The van der Waals surface area contributed by atoms with Crippen molar-refractivity contribution in [3.63, 3.8) is 0 Å². The number of aliphatic imine (C=N–C) groups is 1. The van der Waals surface area contributed by atoms with Gasteiger partial charge in [-0.1, -0.05) is 12.5 Å². The van der Waals surface area contributed by atoms with E-state index in [-0.39, 0.29) is 6.42 Å². The standard InChI is InChI=1S/C31H46N5O13PS/c1-7-20-8-10-33-28(19(5)18(20)4)36(15-32)25-12-21(38)23(47-25)14-45-50(42,51-16-44-31(41)46-17(2)3)49-26-22(13-37)48-29(27(26)43-6)35-11-9-24(39)34-30(35)40/h9-11,15,17,21-23,25-27,29,32,37-38H,7-8,12-14,16H2,1-6H3,(H,34,39,40)/t21?,22-,23-,25-,26?,27?,29-,50?/m1/s1. The van der Waals surface area contributed by atoms with Crippen LogP contribution >= 0.6 is 18.2 Å². The van der Waals surface area contributed by atoms with Crippen LogP contribution < -0.4 is 11.2 Å². The number of ether oxygens (including phenoxy) is 5. The Morgan fingerprint density at radius 2 is 2.00 bits per heavy atom. The van der Waals surface area contributed by atoms with E-state index in [4.69, 9.17) is 38.1 Å². The van der Waals surface area contributed by atoms with Crippen molar-refractivity contribution in [2.45, 2.75) is 103 Å². The van der Waals surface area contributed by atoms with Crippen molar-refractivity contribution in [3.8, 4) is 0 Å². The van der Waals surface area contributed by atoms with Crippen molar-refractivity contribution in [1.82, 2.24) is 14.5 Å². The molecule has 3 aliphatic rings. The molecule has 20 heteroatoms. The summed E-state index contributed by atoms with van der Waals surface area (Å²) in [5.74, 6) is -0.0467. The number of hydrogen-bond donors (Lipinski definition) is 4. The minimum Gasteiger partial charge on any atom is -0.432 e. The van der Waals surface area contributed by atoms with E-state index >= 15 is 0 Å². The molecule has 4 heterocycles. The maximum absolute atomic E-state index is 14.4. The Morgan fingerprint density at radius 1 is 1.25 bits per heavy atom. The van der Waals surface area contributed by atoms with Crippen LogP contribution in [0.5, 0.6) is 0 Å². The first kappa shape index (κ1) is 40.6. The van der Waals surface area contributed by atoms with Gasteiger partial charge in [-0.05, 0) is 45.3 Å². The van der Waals surface area contributed by atoms with Gasteiger partial charge in [0.2, 0.25) is 0 Å². The summed E-state index contributed by atoms with van der Waals surface area (Å²) in [7, 11) is 1.28. The molecule has 0 aromatic carbocycles. The number of allylic oxidation sites excluding steroid dienone is 3. The van der Waals surface area contributed by atoms with Crippen LogP contribution in [0.25, 0.3) is 0 Å². The summed E-state index contributed by atoms with van der Waals surface area (Å²) in [5.41, 5.74) is 1.67. The highest BCUT2D eigenvalue weighted by molar-refractivity contribution is 8.55. The molecule has 2 fully saturated rings. The van der Waals surface area contributed by atoms with Gasteiger partial charge in [0.25, 0.3) is 5.56 Å². The van der Waals surface area contributed by atoms with Gasteiger partial charge in [0.1, 0.15) is 36.5 Å². The molecule has 4 N–H and O–H groups in total. The minimum absolute atomic E-state index is 0.0615. The third-order valence-corrected chi connectivity index (χ3v) is 11.9. The second-order valence-electron chi connectivity index (χ2n) is 12.1. The normalized spacial score (nSPS) is 27.8. The second kappa shape index (κ2) is 18.1. The van der Waals surface area contributed by atoms with Crippen LogP contribution in [0.15, 0.2) is 49.4 Å². The van der Waals surface area contributed by atoms with Crippen molar-refractivity contribution in [3.05, 3.63) is 55.6 Å². The molecule has 8 atom stereocenters. The molecular weight excluding hydrogens is 713 g/mol. The van der Waals surface area contributed by atoms with Crippen molar-refractivity contribution >= 4 is 36.9 Å². The van der Waals surface area contributed by atoms with Gasteiger partial charge in [-0.2, -0.15) is 0 Å². The highest BCUT2D eigenvalue weighted by Crippen LogP contribution is 2.63. The number of rotatable bonds is 16. The number of H-pyrrole nitrogens is 1. The van der Waals surface area contributed by atoms with E-state index in [0.29, 0.717) is 23.6 Å². The SMILES string of the molecule is CCC1=C(C)C(C)=C(N(C=N)[C@H]2CC(O)[C@@H](COP(=O)(OC3C(OC)[C@H](n4ccc(=O)[nH]c4=O)O[C@@H]3CO)SCOC(=O)OC(C)C)O2)N=CC1. The van der Waals surface area contributed by atoms with Gasteiger partial charge in [0, 0.05) is 49.8 Å². The van der Waals surface area contributed by atoms with Gasteiger partial charge < -0.3 is 33.9 Å². The zero-order valence-electron chi connectivity index (χ0n) is 29.3. The average Bonchev–Trinajstić information content (AvgIpc) is 3.58. The lowest BCUT2D eigenvalue weighted by molar-refractivity contribution is -0.0625. The topological polar surface area (TPSA) is 234 Å². The molecule has 1 aromatic heterocycles. The fourth-order valence-electron chi connectivity index (χ4n) is 5.77. The van der Waals surface area contributed by atoms with Crippen LogP contribution in [-0.2, 0) is 37.3 Å². The molecule has 1 aromatic rings. The zero-order chi connectivity index (χ0) is 37.5. The molecule has 0 bridgehead atoms. The number of aliphatic hydroxyl groups excluding tert-OH is 2. The van der Waals surface area contributed by atoms with Crippen molar-refractivity contribution in [2.75, 3.05) is 26.3 Å². The van der Waals surface area contributed by atoms with E-state index in [0.717, 1.165) is 34.5 Å². The lowest BCUT2D eigenvalue weighted by Crippen LogP contribution is -2.39. The van der Waals surface area contributed by atoms with Crippen molar-refractivity contribution < 1.29 is 52.3 Å². The average molecular weight is 760 g/mol. The van der Waals surface area contributed by atoms with E-state index in [1.807, 2.05) is 13.8 Å². The van der Waals surface area contributed by atoms with Gasteiger partial charge in [-0.15, -0.1) is 0 Å². The van der Waals surface area contributed by atoms with E-state index in [1.165, 1.54) is 23.8 Å². The number of nitrogens with one attached hydrogen (secondary N) is 2. The Hall–Kier alpha value is -3.13. The first-order chi connectivity index (χ1) is 24.2.